The van der Waals surface area contributed by atoms with E-state index in [1.165, 1.54) is 0 Å². The number of nitrogens with zero attached hydrogens (tertiary/aromatic N) is 1. The van der Waals surface area contributed by atoms with Crippen LogP contribution in [0, 0.1) is 0 Å². The first-order chi connectivity index (χ1) is 10.0. The summed E-state index contributed by atoms with van der Waals surface area (Å²) in [7, 11) is 1.55. The van der Waals surface area contributed by atoms with Crippen molar-refractivity contribution in [3.8, 4) is 5.75 Å². The number of carbonyl (C=O) groups is 2. The van der Waals surface area contributed by atoms with Crippen LogP contribution < -0.4 is 4.74 Å². The summed E-state index contributed by atoms with van der Waals surface area (Å²) in [5.41, 5.74) is 0.486. The van der Waals surface area contributed by atoms with Gasteiger partial charge in [0.25, 0.3) is 5.91 Å². The lowest BCUT2D eigenvalue weighted by Gasteiger charge is -2.35. The highest BCUT2D eigenvalue weighted by molar-refractivity contribution is 9.10. The molecule has 1 N–H and O–H groups in total. The molecule has 0 spiro atoms. The Morgan fingerprint density at radius 2 is 2.29 bits per heavy atom. The molecule has 6 nitrogen and oxygen atoms in total. The van der Waals surface area contributed by atoms with Gasteiger partial charge in [0, 0.05) is 12.1 Å². The van der Waals surface area contributed by atoms with E-state index in [0.29, 0.717) is 28.9 Å². The first-order valence-electron chi connectivity index (χ1n) is 6.47. The number of rotatable bonds is 4. The minimum atomic E-state index is -0.945. The van der Waals surface area contributed by atoms with Crippen molar-refractivity contribution in [2.24, 2.45) is 0 Å². The number of aliphatic carboxylic acids is 1. The number of carboxylic acids is 1. The number of halogens is 1. The van der Waals surface area contributed by atoms with Crippen molar-refractivity contribution in [1.29, 1.82) is 0 Å². The number of benzene rings is 1. The molecule has 1 atom stereocenters. The predicted molar refractivity (Wildman–Crippen MR) is 78.6 cm³/mol. The minimum absolute atomic E-state index is 0.122. The Bertz CT molecular complexity index is 548. The van der Waals surface area contributed by atoms with E-state index in [-0.39, 0.29) is 18.9 Å². The van der Waals surface area contributed by atoms with Crippen LogP contribution in [0.4, 0.5) is 0 Å². The molecule has 0 aliphatic carbocycles. The smallest absolute Gasteiger partial charge is 0.305 e. The van der Waals surface area contributed by atoms with Crippen LogP contribution in [0.25, 0.3) is 0 Å². The lowest BCUT2D eigenvalue weighted by Crippen LogP contribution is -2.49. The first kappa shape index (κ1) is 15.8. The fraction of sp³-hybridized carbons (Fsp3) is 0.429. The maximum absolute atomic E-state index is 12.6. The molecule has 1 aromatic carbocycles. The number of amides is 1. The predicted octanol–water partition coefficient (Wildman–Crippen LogP) is 1.77. The molecular weight excluding hydrogens is 342 g/mol. The number of morpholine rings is 1. The van der Waals surface area contributed by atoms with Crippen molar-refractivity contribution >= 4 is 27.8 Å². The Morgan fingerprint density at radius 3 is 2.90 bits per heavy atom. The minimum Gasteiger partial charge on any atom is -0.496 e. The fourth-order valence-electron chi connectivity index (χ4n) is 2.26. The monoisotopic (exact) mass is 357 g/mol. The van der Waals surface area contributed by atoms with E-state index in [4.69, 9.17) is 14.6 Å². The van der Waals surface area contributed by atoms with Crippen molar-refractivity contribution in [2.75, 3.05) is 26.9 Å². The number of carboxylic acid groups (broad SMARTS) is 1. The summed E-state index contributed by atoms with van der Waals surface area (Å²) in [5.74, 6) is -0.511. The average molecular weight is 358 g/mol. The number of hydrogen-bond donors (Lipinski definition) is 1. The summed E-state index contributed by atoms with van der Waals surface area (Å²) in [6.07, 6.45) is -0.122. The maximum Gasteiger partial charge on any atom is 0.305 e. The molecule has 1 saturated heterocycles. The van der Waals surface area contributed by atoms with Crippen molar-refractivity contribution in [2.45, 2.75) is 12.5 Å². The SMILES string of the molecule is COc1ccc(C(=O)N2CCOCC2CC(=O)O)cc1Br. The second-order valence-corrected chi connectivity index (χ2v) is 5.53. The number of hydrogen-bond acceptors (Lipinski definition) is 4. The Balaban J connectivity index is 2.20. The third-order valence-electron chi connectivity index (χ3n) is 3.30. The largest absolute Gasteiger partial charge is 0.496 e. The van der Waals surface area contributed by atoms with E-state index < -0.39 is 12.0 Å². The van der Waals surface area contributed by atoms with Crippen molar-refractivity contribution in [3.63, 3.8) is 0 Å². The van der Waals surface area contributed by atoms with Crippen LogP contribution in [0.2, 0.25) is 0 Å². The van der Waals surface area contributed by atoms with E-state index in [0.717, 1.165) is 0 Å². The third-order valence-corrected chi connectivity index (χ3v) is 3.92. The number of carbonyl (C=O) groups excluding carboxylic acids is 1. The van der Waals surface area contributed by atoms with Crippen molar-refractivity contribution < 1.29 is 24.2 Å². The molecular formula is C14H16BrNO5. The molecule has 21 heavy (non-hydrogen) atoms. The van der Waals surface area contributed by atoms with Gasteiger partial charge in [-0.3, -0.25) is 9.59 Å². The second kappa shape index (κ2) is 6.91. The van der Waals surface area contributed by atoms with Crippen molar-refractivity contribution in [3.05, 3.63) is 28.2 Å². The molecule has 0 saturated carbocycles. The van der Waals surface area contributed by atoms with Gasteiger partial charge < -0.3 is 19.5 Å². The maximum atomic E-state index is 12.6. The first-order valence-corrected chi connectivity index (χ1v) is 7.26. The molecule has 1 aromatic rings. The van der Waals surface area contributed by atoms with E-state index in [2.05, 4.69) is 15.9 Å². The Morgan fingerprint density at radius 1 is 1.52 bits per heavy atom. The van der Waals surface area contributed by atoms with Gasteiger partial charge in [-0.1, -0.05) is 0 Å². The summed E-state index contributed by atoms with van der Waals surface area (Å²) in [6, 6.07) is 4.60. The van der Waals surface area contributed by atoms with Gasteiger partial charge in [0.2, 0.25) is 0 Å². The van der Waals surface area contributed by atoms with Gasteiger partial charge in [-0.25, -0.2) is 0 Å². The third kappa shape index (κ3) is 3.74. The Hall–Kier alpha value is -1.60. The highest BCUT2D eigenvalue weighted by Crippen LogP contribution is 2.26. The molecule has 1 aliphatic rings. The van der Waals surface area contributed by atoms with Crippen molar-refractivity contribution in [1.82, 2.24) is 4.90 Å². The molecule has 0 aromatic heterocycles. The Labute approximate surface area is 130 Å². The standard InChI is InChI=1S/C14H16BrNO5/c1-20-12-3-2-9(6-11(12)15)14(19)16-4-5-21-8-10(16)7-13(17)18/h2-3,6,10H,4-5,7-8H2,1H3,(H,17,18). The summed E-state index contributed by atoms with van der Waals surface area (Å²) in [4.78, 5) is 25.0. The van der Waals surface area contributed by atoms with E-state index >= 15 is 0 Å². The van der Waals surface area contributed by atoms with Gasteiger partial charge in [-0.05, 0) is 34.1 Å². The average Bonchev–Trinajstić information content (AvgIpc) is 2.46. The molecule has 1 unspecified atom stereocenters. The molecule has 1 fully saturated rings. The topological polar surface area (TPSA) is 76.1 Å². The van der Waals surface area contributed by atoms with Crippen LogP contribution in [-0.4, -0.2) is 54.8 Å². The van der Waals surface area contributed by atoms with E-state index in [9.17, 15) is 9.59 Å². The zero-order valence-corrected chi connectivity index (χ0v) is 13.1. The molecule has 0 bridgehead atoms. The number of methoxy groups -OCH3 is 1. The molecule has 1 amide bonds. The molecule has 114 valence electrons. The van der Waals surface area contributed by atoms with Crippen LogP contribution in [0.3, 0.4) is 0 Å². The van der Waals surface area contributed by atoms with Crippen LogP contribution in [0.1, 0.15) is 16.8 Å². The quantitative estimate of drug-likeness (QED) is 0.888. The molecule has 2 rings (SSSR count). The fourth-order valence-corrected chi connectivity index (χ4v) is 2.80. The molecule has 1 heterocycles. The van der Waals surface area contributed by atoms with Gasteiger partial charge in [0.1, 0.15) is 5.75 Å². The summed E-state index contributed by atoms with van der Waals surface area (Å²) < 4.78 is 11.1. The van der Waals surface area contributed by atoms with Crippen LogP contribution >= 0.6 is 15.9 Å². The second-order valence-electron chi connectivity index (χ2n) is 4.67. The zero-order chi connectivity index (χ0) is 15.4. The highest BCUT2D eigenvalue weighted by atomic mass is 79.9. The van der Waals surface area contributed by atoms with E-state index in [1.807, 2.05) is 0 Å². The van der Waals surface area contributed by atoms with Gasteiger partial charge in [-0.2, -0.15) is 0 Å². The summed E-state index contributed by atoms with van der Waals surface area (Å²) in [6.45, 7) is 1.05. The van der Waals surface area contributed by atoms with Gasteiger partial charge in [-0.15, -0.1) is 0 Å². The summed E-state index contributed by atoms with van der Waals surface area (Å²) in [5, 5.41) is 8.93. The number of ether oxygens (including phenoxy) is 2. The lowest BCUT2D eigenvalue weighted by atomic mass is 10.1. The Kier molecular flexibility index (Phi) is 5.19. The zero-order valence-electron chi connectivity index (χ0n) is 11.5. The summed E-state index contributed by atoms with van der Waals surface area (Å²) >= 11 is 3.34. The molecule has 0 radical (unpaired) electrons. The highest BCUT2D eigenvalue weighted by Gasteiger charge is 2.30. The molecule has 7 heteroatoms. The van der Waals surface area contributed by atoms with Crippen LogP contribution in [0.15, 0.2) is 22.7 Å². The van der Waals surface area contributed by atoms with Gasteiger partial charge >= 0.3 is 5.97 Å². The van der Waals surface area contributed by atoms with Crippen LogP contribution in [-0.2, 0) is 9.53 Å². The van der Waals surface area contributed by atoms with Crippen LogP contribution in [0.5, 0.6) is 5.75 Å². The normalized spacial score (nSPS) is 18.4. The van der Waals surface area contributed by atoms with Gasteiger partial charge in [0.05, 0.1) is 37.3 Å². The lowest BCUT2D eigenvalue weighted by molar-refractivity contribution is -0.139. The molecule has 1 aliphatic heterocycles. The van der Waals surface area contributed by atoms with E-state index in [1.54, 1.807) is 30.2 Å². The van der Waals surface area contributed by atoms with Gasteiger partial charge in [0.15, 0.2) is 0 Å².